The van der Waals surface area contributed by atoms with Crippen molar-refractivity contribution in [2.45, 2.75) is 25.4 Å². The number of aromatic nitrogens is 1. The van der Waals surface area contributed by atoms with E-state index < -0.39 is 11.7 Å². The highest BCUT2D eigenvalue weighted by atomic mass is 35.5. The number of para-hydroxylation sites is 1. The van der Waals surface area contributed by atoms with Crippen LogP contribution in [0.15, 0.2) is 66.9 Å². The molecule has 1 aliphatic carbocycles. The summed E-state index contributed by atoms with van der Waals surface area (Å²) in [4.78, 5) is 6.51. The maximum absolute atomic E-state index is 13.0. The maximum Gasteiger partial charge on any atom is 0.416 e. The quantitative estimate of drug-likeness (QED) is 0.377. The average molecular weight is 487 g/mol. The monoisotopic (exact) mass is 486 g/mol. The van der Waals surface area contributed by atoms with Gasteiger partial charge in [0.05, 0.1) is 28.6 Å². The first-order valence-electron chi connectivity index (χ1n) is 11.6. The lowest BCUT2D eigenvalue weighted by molar-refractivity contribution is -0.137. The van der Waals surface area contributed by atoms with Crippen molar-refractivity contribution in [2.24, 2.45) is 17.8 Å². The van der Waals surface area contributed by atoms with Gasteiger partial charge < -0.3 is 9.64 Å². The largest absolute Gasteiger partial charge is 0.493 e. The van der Waals surface area contributed by atoms with Crippen molar-refractivity contribution in [3.63, 3.8) is 0 Å². The molecule has 1 aliphatic heterocycles. The van der Waals surface area contributed by atoms with Gasteiger partial charge in [-0.05, 0) is 85.5 Å². The lowest BCUT2D eigenvalue weighted by Gasteiger charge is -2.46. The fraction of sp³-hybridized carbons (Fsp3) is 0.370. The molecular formula is C27H26ClF3N2O. The minimum atomic E-state index is -4.39. The van der Waals surface area contributed by atoms with E-state index in [1.165, 1.54) is 19.0 Å². The second-order valence-electron chi connectivity index (χ2n) is 9.32. The van der Waals surface area contributed by atoms with E-state index in [9.17, 15) is 13.2 Å². The predicted octanol–water partition coefficient (Wildman–Crippen LogP) is 7.35. The molecule has 0 N–H and O–H groups in total. The zero-order valence-electron chi connectivity index (χ0n) is 18.6. The summed E-state index contributed by atoms with van der Waals surface area (Å²) in [6, 6.07) is 17.2. The Morgan fingerprint density at radius 3 is 2.56 bits per heavy atom. The lowest BCUT2D eigenvalue weighted by Crippen LogP contribution is -2.47. The summed E-state index contributed by atoms with van der Waals surface area (Å²) < 4.78 is 45.1. The molecule has 0 radical (unpaired) electrons. The van der Waals surface area contributed by atoms with Crippen molar-refractivity contribution < 1.29 is 17.9 Å². The number of benzene rings is 2. The molecule has 2 fully saturated rings. The molecule has 2 bridgehead atoms. The minimum Gasteiger partial charge on any atom is -0.493 e. The van der Waals surface area contributed by atoms with E-state index >= 15 is 0 Å². The minimum absolute atomic E-state index is 0.293. The third-order valence-electron chi connectivity index (χ3n) is 7.08. The van der Waals surface area contributed by atoms with Gasteiger partial charge in [-0.2, -0.15) is 13.2 Å². The van der Waals surface area contributed by atoms with Crippen LogP contribution in [0.4, 0.5) is 18.9 Å². The highest BCUT2D eigenvalue weighted by molar-refractivity contribution is 6.33. The summed E-state index contributed by atoms with van der Waals surface area (Å²) in [5.74, 6) is 2.42. The van der Waals surface area contributed by atoms with Crippen LogP contribution in [0.1, 0.15) is 24.8 Å². The number of halogens is 4. The Labute approximate surface area is 202 Å². The van der Waals surface area contributed by atoms with Crippen LogP contribution in [-0.2, 0) is 6.18 Å². The third-order valence-corrected chi connectivity index (χ3v) is 7.40. The number of nitrogens with zero attached hydrogens (tertiary/aromatic N) is 2. The van der Waals surface area contributed by atoms with Gasteiger partial charge in [-0.15, -0.1) is 0 Å². The molecule has 2 heterocycles. The van der Waals surface area contributed by atoms with Crippen LogP contribution < -0.4 is 9.64 Å². The molecule has 2 aliphatic rings. The van der Waals surface area contributed by atoms with Gasteiger partial charge in [0.25, 0.3) is 0 Å². The number of hydrogen-bond donors (Lipinski definition) is 0. The number of alkyl halides is 3. The molecule has 2 aromatic carbocycles. The van der Waals surface area contributed by atoms with Gasteiger partial charge in [0.2, 0.25) is 0 Å². The summed E-state index contributed by atoms with van der Waals surface area (Å²) in [7, 11) is 0. The van der Waals surface area contributed by atoms with E-state index in [2.05, 4.69) is 16.0 Å². The zero-order valence-corrected chi connectivity index (χ0v) is 19.4. The SMILES string of the molecule is FC(F)(F)c1ccnc(-c2ccc(OCC3CCC4CC3CN(c3ccccc3Cl)C4)cc2)c1. The van der Waals surface area contributed by atoms with E-state index in [4.69, 9.17) is 16.3 Å². The standard InChI is InChI=1S/C27H26ClF3N2O/c28-24-3-1-2-4-26(24)33-15-18-5-6-20(21(13-18)16-33)17-34-23-9-7-19(8-10-23)25-14-22(11-12-32-25)27(29,30)31/h1-4,7-12,14,18,20-21H,5-6,13,15-17H2. The van der Waals surface area contributed by atoms with Crippen molar-refractivity contribution >= 4 is 17.3 Å². The Hall–Kier alpha value is -2.73. The van der Waals surface area contributed by atoms with Gasteiger partial charge in [-0.25, -0.2) is 0 Å². The number of piperidine rings is 1. The Balaban J connectivity index is 1.22. The van der Waals surface area contributed by atoms with Gasteiger partial charge in [-0.3, -0.25) is 4.98 Å². The highest BCUT2D eigenvalue weighted by Crippen LogP contribution is 2.41. The number of rotatable bonds is 5. The van der Waals surface area contributed by atoms with Crippen molar-refractivity contribution in [1.29, 1.82) is 0 Å². The molecule has 178 valence electrons. The summed E-state index contributed by atoms with van der Waals surface area (Å²) >= 11 is 6.45. The van der Waals surface area contributed by atoms with Crippen molar-refractivity contribution in [2.75, 3.05) is 24.6 Å². The summed E-state index contributed by atoms with van der Waals surface area (Å²) in [6.07, 6.45) is 0.355. The second kappa shape index (κ2) is 9.49. The first kappa shape index (κ1) is 23.0. The summed E-state index contributed by atoms with van der Waals surface area (Å²) in [6.45, 7) is 2.67. The number of anilines is 1. The van der Waals surface area contributed by atoms with E-state index in [0.29, 0.717) is 35.6 Å². The van der Waals surface area contributed by atoms with Gasteiger partial charge in [0, 0.05) is 24.8 Å². The van der Waals surface area contributed by atoms with Gasteiger partial charge >= 0.3 is 6.18 Å². The smallest absolute Gasteiger partial charge is 0.416 e. The number of hydrogen-bond acceptors (Lipinski definition) is 3. The lowest BCUT2D eigenvalue weighted by atomic mass is 9.71. The fourth-order valence-electron chi connectivity index (χ4n) is 5.30. The molecule has 0 spiro atoms. The molecule has 34 heavy (non-hydrogen) atoms. The van der Waals surface area contributed by atoms with Crippen LogP contribution in [0.3, 0.4) is 0 Å². The van der Waals surface area contributed by atoms with Crippen molar-refractivity contribution in [3.8, 4) is 17.0 Å². The van der Waals surface area contributed by atoms with Gasteiger partial charge in [0.15, 0.2) is 0 Å². The number of pyridine rings is 1. The molecule has 3 aromatic rings. The third kappa shape index (κ3) is 5.02. The van der Waals surface area contributed by atoms with Crippen LogP contribution in [-0.4, -0.2) is 24.7 Å². The molecule has 0 amide bonds. The molecule has 3 unspecified atom stereocenters. The first-order chi connectivity index (χ1) is 16.4. The molecule has 3 atom stereocenters. The van der Waals surface area contributed by atoms with E-state index in [1.807, 2.05) is 18.2 Å². The average Bonchev–Trinajstić information content (AvgIpc) is 2.84. The first-order valence-corrected chi connectivity index (χ1v) is 12.0. The normalized spacial score (nSPS) is 22.5. The highest BCUT2D eigenvalue weighted by Gasteiger charge is 2.37. The number of ether oxygens (including phenoxy) is 1. The van der Waals surface area contributed by atoms with Crippen molar-refractivity contribution in [3.05, 3.63) is 77.4 Å². The molecule has 1 saturated carbocycles. The molecule has 1 aromatic heterocycles. The Kier molecular flexibility index (Phi) is 6.43. The van der Waals surface area contributed by atoms with Crippen LogP contribution in [0, 0.1) is 17.8 Å². The summed E-state index contributed by atoms with van der Waals surface area (Å²) in [5, 5.41) is 0.797. The molecule has 3 nitrogen and oxygen atoms in total. The Bertz CT molecular complexity index is 1140. The topological polar surface area (TPSA) is 25.4 Å². The molecule has 1 saturated heterocycles. The molecule has 7 heteroatoms. The van der Waals surface area contributed by atoms with Crippen LogP contribution in [0.5, 0.6) is 5.75 Å². The van der Waals surface area contributed by atoms with E-state index in [0.717, 1.165) is 48.1 Å². The van der Waals surface area contributed by atoms with E-state index in [1.54, 1.807) is 24.3 Å². The van der Waals surface area contributed by atoms with Crippen LogP contribution in [0.25, 0.3) is 11.3 Å². The number of fused-ring (bicyclic) bond motifs is 2. The fourth-order valence-corrected chi connectivity index (χ4v) is 5.55. The predicted molar refractivity (Wildman–Crippen MR) is 128 cm³/mol. The van der Waals surface area contributed by atoms with Gasteiger partial charge in [0.1, 0.15) is 5.75 Å². The summed E-state index contributed by atoms with van der Waals surface area (Å²) in [5.41, 5.74) is 1.33. The van der Waals surface area contributed by atoms with E-state index in [-0.39, 0.29) is 0 Å². The maximum atomic E-state index is 13.0. The van der Waals surface area contributed by atoms with Crippen LogP contribution >= 0.6 is 11.6 Å². The molecule has 5 rings (SSSR count). The van der Waals surface area contributed by atoms with Crippen molar-refractivity contribution in [1.82, 2.24) is 4.98 Å². The van der Waals surface area contributed by atoms with Gasteiger partial charge in [-0.1, -0.05) is 23.7 Å². The second-order valence-corrected chi connectivity index (χ2v) is 9.73. The Morgan fingerprint density at radius 2 is 1.79 bits per heavy atom. The Morgan fingerprint density at radius 1 is 1.00 bits per heavy atom. The van der Waals surface area contributed by atoms with Crippen LogP contribution in [0.2, 0.25) is 5.02 Å². The molecular weight excluding hydrogens is 461 g/mol. The zero-order chi connectivity index (χ0) is 23.7.